The highest BCUT2D eigenvalue weighted by Crippen LogP contribution is 2.29. The Labute approximate surface area is 118 Å². The van der Waals surface area contributed by atoms with Crippen LogP contribution in [0.1, 0.15) is 11.3 Å². The molecule has 0 bridgehead atoms. The monoisotopic (exact) mass is 263 g/mol. The molecule has 3 heteroatoms. The quantitative estimate of drug-likeness (QED) is 0.682. The summed E-state index contributed by atoms with van der Waals surface area (Å²) in [7, 11) is 0. The van der Waals surface area contributed by atoms with Gasteiger partial charge in [0, 0.05) is 28.1 Å². The first kappa shape index (κ1) is 12.5. The number of fused-ring (bicyclic) bond motifs is 1. The van der Waals surface area contributed by atoms with Gasteiger partial charge in [0.2, 0.25) is 0 Å². The molecule has 0 saturated carbocycles. The molecule has 0 radical (unpaired) electrons. The fourth-order valence-corrected chi connectivity index (χ4v) is 2.34. The maximum atomic E-state index is 5.90. The van der Waals surface area contributed by atoms with E-state index in [-0.39, 0.29) is 0 Å². The van der Waals surface area contributed by atoms with E-state index in [0.717, 1.165) is 33.7 Å². The molecule has 0 unspecified atom stereocenters. The summed E-state index contributed by atoms with van der Waals surface area (Å²) in [4.78, 5) is 4.55. The van der Waals surface area contributed by atoms with E-state index < -0.39 is 0 Å². The summed E-state index contributed by atoms with van der Waals surface area (Å²) >= 11 is 0. The molecule has 0 aliphatic carbocycles. The molecule has 100 valence electrons. The highest BCUT2D eigenvalue weighted by Gasteiger charge is 2.06. The lowest BCUT2D eigenvalue weighted by atomic mass is 10.1. The van der Waals surface area contributed by atoms with Crippen molar-refractivity contribution in [2.45, 2.75) is 13.8 Å². The zero-order valence-electron chi connectivity index (χ0n) is 11.6. The van der Waals surface area contributed by atoms with Gasteiger partial charge in [0.05, 0.1) is 5.52 Å². The van der Waals surface area contributed by atoms with Crippen LogP contribution in [-0.2, 0) is 0 Å². The second kappa shape index (κ2) is 4.85. The van der Waals surface area contributed by atoms with Gasteiger partial charge in [-0.2, -0.15) is 0 Å². The standard InChI is InChI=1S/C17H17N3/c1-11-5-3-4-6-15(11)20-17-9-12(2)19-16-8-7-13(18)10-14(16)17/h3-10H,18H2,1-2H3,(H,19,20). The topological polar surface area (TPSA) is 50.9 Å². The lowest BCUT2D eigenvalue weighted by Gasteiger charge is -2.13. The molecule has 0 aliphatic rings. The van der Waals surface area contributed by atoms with Crippen LogP contribution in [0, 0.1) is 13.8 Å². The first-order chi connectivity index (χ1) is 9.63. The number of nitrogens with zero attached hydrogens (tertiary/aromatic N) is 1. The fraction of sp³-hybridized carbons (Fsp3) is 0.118. The number of benzene rings is 2. The van der Waals surface area contributed by atoms with E-state index in [1.807, 2.05) is 43.3 Å². The number of hydrogen-bond acceptors (Lipinski definition) is 3. The molecule has 3 N–H and O–H groups in total. The minimum Gasteiger partial charge on any atom is -0.399 e. The highest BCUT2D eigenvalue weighted by atomic mass is 14.9. The molecule has 0 fully saturated rings. The molecule has 3 aromatic rings. The van der Waals surface area contributed by atoms with E-state index in [2.05, 4.69) is 29.4 Å². The molecule has 3 rings (SSSR count). The maximum absolute atomic E-state index is 5.90. The number of para-hydroxylation sites is 1. The Bertz CT molecular complexity index is 778. The summed E-state index contributed by atoms with van der Waals surface area (Å²) < 4.78 is 0. The number of anilines is 3. The lowest BCUT2D eigenvalue weighted by molar-refractivity contribution is 1.25. The van der Waals surface area contributed by atoms with Gasteiger partial charge in [-0.25, -0.2) is 0 Å². The lowest BCUT2D eigenvalue weighted by Crippen LogP contribution is -1.97. The van der Waals surface area contributed by atoms with E-state index >= 15 is 0 Å². The van der Waals surface area contributed by atoms with Gasteiger partial charge < -0.3 is 11.1 Å². The third kappa shape index (κ3) is 2.30. The third-order valence-electron chi connectivity index (χ3n) is 3.38. The summed E-state index contributed by atoms with van der Waals surface area (Å²) in [6, 6.07) is 16.1. The van der Waals surface area contributed by atoms with Crippen LogP contribution in [-0.4, -0.2) is 4.98 Å². The average molecular weight is 263 g/mol. The second-order valence-electron chi connectivity index (χ2n) is 5.03. The van der Waals surface area contributed by atoms with Gasteiger partial charge in [-0.05, 0) is 49.7 Å². The van der Waals surface area contributed by atoms with Crippen LogP contribution < -0.4 is 11.1 Å². The Morgan fingerprint density at radius 1 is 0.950 bits per heavy atom. The Morgan fingerprint density at radius 3 is 2.55 bits per heavy atom. The van der Waals surface area contributed by atoms with E-state index in [9.17, 15) is 0 Å². The summed E-state index contributed by atoms with van der Waals surface area (Å²) in [6.45, 7) is 4.09. The molecule has 2 aromatic carbocycles. The Kier molecular flexibility index (Phi) is 3.03. The molecule has 20 heavy (non-hydrogen) atoms. The van der Waals surface area contributed by atoms with E-state index in [4.69, 9.17) is 5.73 Å². The summed E-state index contributed by atoms with van der Waals surface area (Å²) in [6.07, 6.45) is 0. The van der Waals surface area contributed by atoms with Crippen molar-refractivity contribution in [1.29, 1.82) is 0 Å². The number of pyridine rings is 1. The van der Waals surface area contributed by atoms with Crippen molar-refractivity contribution in [2.75, 3.05) is 11.1 Å². The molecule has 0 amide bonds. The van der Waals surface area contributed by atoms with Crippen molar-refractivity contribution < 1.29 is 0 Å². The van der Waals surface area contributed by atoms with E-state index in [0.29, 0.717) is 0 Å². The molecular formula is C17H17N3. The van der Waals surface area contributed by atoms with Crippen molar-refractivity contribution >= 4 is 28.0 Å². The smallest absolute Gasteiger partial charge is 0.0727 e. The van der Waals surface area contributed by atoms with Crippen molar-refractivity contribution in [1.82, 2.24) is 4.98 Å². The van der Waals surface area contributed by atoms with Crippen molar-refractivity contribution in [3.8, 4) is 0 Å². The van der Waals surface area contributed by atoms with Crippen molar-refractivity contribution in [3.63, 3.8) is 0 Å². The number of hydrogen-bond donors (Lipinski definition) is 2. The predicted molar refractivity (Wildman–Crippen MR) is 85.4 cm³/mol. The molecule has 0 spiro atoms. The SMILES string of the molecule is Cc1cc(Nc2ccccc2C)c2cc(N)ccc2n1. The van der Waals surface area contributed by atoms with Gasteiger partial charge in [-0.3, -0.25) is 4.98 Å². The number of rotatable bonds is 2. The number of nitrogen functional groups attached to an aromatic ring is 1. The van der Waals surface area contributed by atoms with Crippen LogP contribution in [0.15, 0.2) is 48.5 Å². The minimum absolute atomic E-state index is 0.746. The van der Waals surface area contributed by atoms with Gasteiger partial charge in [-0.1, -0.05) is 18.2 Å². The van der Waals surface area contributed by atoms with Gasteiger partial charge >= 0.3 is 0 Å². The van der Waals surface area contributed by atoms with Gasteiger partial charge in [0.15, 0.2) is 0 Å². The van der Waals surface area contributed by atoms with Crippen LogP contribution in [0.4, 0.5) is 17.1 Å². The fourth-order valence-electron chi connectivity index (χ4n) is 2.34. The zero-order chi connectivity index (χ0) is 14.1. The van der Waals surface area contributed by atoms with Gasteiger partial charge in [0.1, 0.15) is 0 Å². The Hall–Kier alpha value is -2.55. The molecule has 0 aliphatic heterocycles. The number of nitrogens with one attached hydrogen (secondary N) is 1. The normalized spacial score (nSPS) is 10.7. The zero-order valence-corrected chi connectivity index (χ0v) is 11.6. The van der Waals surface area contributed by atoms with Gasteiger partial charge in [0.25, 0.3) is 0 Å². The molecular weight excluding hydrogens is 246 g/mol. The van der Waals surface area contributed by atoms with E-state index in [1.165, 1.54) is 5.56 Å². The van der Waals surface area contributed by atoms with E-state index in [1.54, 1.807) is 0 Å². The van der Waals surface area contributed by atoms with Gasteiger partial charge in [-0.15, -0.1) is 0 Å². The van der Waals surface area contributed by atoms with Crippen LogP contribution in [0.25, 0.3) is 10.9 Å². The summed E-state index contributed by atoms with van der Waals surface area (Å²) in [5, 5.41) is 4.53. The van der Waals surface area contributed by atoms with Crippen LogP contribution in [0.2, 0.25) is 0 Å². The first-order valence-electron chi connectivity index (χ1n) is 6.63. The minimum atomic E-state index is 0.746. The van der Waals surface area contributed by atoms with Crippen molar-refractivity contribution in [3.05, 3.63) is 59.8 Å². The average Bonchev–Trinajstić information content (AvgIpc) is 2.42. The number of aryl methyl sites for hydroxylation is 2. The number of aromatic nitrogens is 1. The molecule has 3 nitrogen and oxygen atoms in total. The largest absolute Gasteiger partial charge is 0.399 e. The Balaban J connectivity index is 2.15. The highest BCUT2D eigenvalue weighted by molar-refractivity contribution is 5.95. The van der Waals surface area contributed by atoms with Crippen LogP contribution in [0.5, 0.6) is 0 Å². The number of nitrogens with two attached hydrogens (primary N) is 1. The molecule has 0 atom stereocenters. The molecule has 1 aromatic heterocycles. The summed E-state index contributed by atoms with van der Waals surface area (Å²) in [5.41, 5.74) is 11.9. The Morgan fingerprint density at radius 2 is 1.75 bits per heavy atom. The maximum Gasteiger partial charge on any atom is 0.0727 e. The molecule has 0 saturated heterocycles. The van der Waals surface area contributed by atoms with Crippen LogP contribution in [0.3, 0.4) is 0 Å². The second-order valence-corrected chi connectivity index (χ2v) is 5.03. The first-order valence-corrected chi connectivity index (χ1v) is 6.63. The van der Waals surface area contributed by atoms with Crippen LogP contribution >= 0.6 is 0 Å². The summed E-state index contributed by atoms with van der Waals surface area (Å²) in [5.74, 6) is 0. The molecule has 1 heterocycles. The predicted octanol–water partition coefficient (Wildman–Crippen LogP) is 4.18. The van der Waals surface area contributed by atoms with Crippen molar-refractivity contribution in [2.24, 2.45) is 0 Å². The third-order valence-corrected chi connectivity index (χ3v) is 3.38.